The van der Waals surface area contributed by atoms with E-state index in [0.717, 1.165) is 19.5 Å². The first-order chi connectivity index (χ1) is 9.78. The van der Waals surface area contributed by atoms with Gasteiger partial charge in [0.2, 0.25) is 0 Å². The van der Waals surface area contributed by atoms with Gasteiger partial charge in [-0.05, 0) is 44.2 Å². The number of ether oxygens (including phenoxy) is 1. The van der Waals surface area contributed by atoms with Crippen molar-refractivity contribution in [2.24, 2.45) is 5.73 Å². The molecule has 20 heavy (non-hydrogen) atoms. The second-order valence-electron chi connectivity index (χ2n) is 6.26. The number of benzene rings is 1. The van der Waals surface area contributed by atoms with Crippen molar-refractivity contribution in [3.05, 3.63) is 35.9 Å². The first kappa shape index (κ1) is 14.1. The van der Waals surface area contributed by atoms with Crippen LogP contribution in [0.15, 0.2) is 30.3 Å². The molecule has 2 heterocycles. The molecule has 2 aliphatic rings. The number of hydrogen-bond acceptors (Lipinski definition) is 3. The van der Waals surface area contributed by atoms with E-state index in [1.54, 1.807) is 0 Å². The van der Waals surface area contributed by atoms with E-state index in [9.17, 15) is 0 Å². The van der Waals surface area contributed by atoms with Crippen molar-refractivity contribution in [3.63, 3.8) is 0 Å². The van der Waals surface area contributed by atoms with Crippen LogP contribution in [-0.4, -0.2) is 42.8 Å². The van der Waals surface area contributed by atoms with Crippen molar-refractivity contribution in [2.45, 2.75) is 50.4 Å². The molecule has 3 rings (SSSR count). The molecule has 2 aliphatic heterocycles. The molecule has 4 unspecified atom stereocenters. The van der Waals surface area contributed by atoms with E-state index >= 15 is 0 Å². The Balaban J connectivity index is 1.63. The Bertz CT molecular complexity index is 422. The van der Waals surface area contributed by atoms with Crippen LogP contribution in [0, 0.1) is 0 Å². The predicted molar refractivity (Wildman–Crippen MR) is 81.8 cm³/mol. The lowest BCUT2D eigenvalue weighted by Crippen LogP contribution is -2.47. The highest BCUT2D eigenvalue weighted by Gasteiger charge is 2.36. The topological polar surface area (TPSA) is 38.5 Å². The number of nitrogens with zero attached hydrogens (tertiary/aromatic N) is 1. The molecule has 2 fully saturated rings. The SMILES string of the molecule is CC1CCC(C(CN)N2CCC(c3ccccc3)C2)O1. The summed E-state index contributed by atoms with van der Waals surface area (Å²) in [4.78, 5) is 2.56. The Morgan fingerprint density at radius 1 is 1.25 bits per heavy atom. The second-order valence-corrected chi connectivity index (χ2v) is 6.26. The molecule has 0 saturated carbocycles. The minimum absolute atomic E-state index is 0.338. The van der Waals surface area contributed by atoms with E-state index in [2.05, 4.69) is 42.2 Å². The lowest BCUT2D eigenvalue weighted by Gasteiger charge is -2.31. The van der Waals surface area contributed by atoms with Gasteiger partial charge in [0.15, 0.2) is 0 Å². The van der Waals surface area contributed by atoms with Crippen LogP contribution in [0.1, 0.15) is 37.7 Å². The molecule has 2 N–H and O–H groups in total. The number of likely N-dealkylation sites (tertiary alicyclic amines) is 1. The number of hydrogen-bond donors (Lipinski definition) is 1. The van der Waals surface area contributed by atoms with Gasteiger partial charge in [-0.1, -0.05) is 30.3 Å². The molecule has 0 aliphatic carbocycles. The Kier molecular flexibility index (Phi) is 4.39. The molecular formula is C17H26N2O. The second kappa shape index (κ2) is 6.25. The standard InChI is InChI=1S/C17H26N2O/c1-13-7-8-17(20-13)16(11-18)19-10-9-15(12-19)14-5-3-2-4-6-14/h2-6,13,15-17H,7-12,18H2,1H3. The number of nitrogens with two attached hydrogens (primary N) is 1. The summed E-state index contributed by atoms with van der Waals surface area (Å²) < 4.78 is 6.05. The van der Waals surface area contributed by atoms with Crippen molar-refractivity contribution in [3.8, 4) is 0 Å². The largest absolute Gasteiger partial charge is 0.374 e. The van der Waals surface area contributed by atoms with Crippen LogP contribution in [0.4, 0.5) is 0 Å². The highest BCUT2D eigenvalue weighted by molar-refractivity contribution is 5.21. The minimum atomic E-state index is 0.338. The fourth-order valence-corrected chi connectivity index (χ4v) is 3.74. The molecule has 1 aromatic carbocycles. The third-order valence-corrected chi connectivity index (χ3v) is 4.90. The normalized spacial score (nSPS) is 32.6. The zero-order valence-corrected chi connectivity index (χ0v) is 12.4. The van der Waals surface area contributed by atoms with Crippen molar-refractivity contribution in [2.75, 3.05) is 19.6 Å². The van der Waals surface area contributed by atoms with Crippen molar-refractivity contribution in [1.82, 2.24) is 4.90 Å². The zero-order chi connectivity index (χ0) is 13.9. The summed E-state index contributed by atoms with van der Waals surface area (Å²) in [5.74, 6) is 0.657. The third kappa shape index (κ3) is 2.90. The Morgan fingerprint density at radius 3 is 2.70 bits per heavy atom. The lowest BCUT2D eigenvalue weighted by atomic mass is 9.98. The van der Waals surface area contributed by atoms with E-state index in [4.69, 9.17) is 10.5 Å². The summed E-state index contributed by atoms with van der Waals surface area (Å²) in [5.41, 5.74) is 7.50. The van der Waals surface area contributed by atoms with E-state index in [1.807, 2.05) is 0 Å². The van der Waals surface area contributed by atoms with Crippen molar-refractivity contribution < 1.29 is 4.74 Å². The van der Waals surface area contributed by atoms with Crippen LogP contribution in [-0.2, 0) is 4.74 Å². The van der Waals surface area contributed by atoms with E-state index in [-0.39, 0.29) is 0 Å². The predicted octanol–water partition coefficient (Wildman–Crippen LogP) is 2.37. The maximum atomic E-state index is 6.05. The average Bonchev–Trinajstić information content (AvgIpc) is 3.11. The van der Waals surface area contributed by atoms with Gasteiger partial charge in [0.25, 0.3) is 0 Å². The molecule has 0 aromatic heterocycles. The van der Waals surface area contributed by atoms with Crippen LogP contribution >= 0.6 is 0 Å². The fraction of sp³-hybridized carbons (Fsp3) is 0.647. The van der Waals surface area contributed by atoms with Crippen LogP contribution in [0.2, 0.25) is 0 Å². The molecule has 0 radical (unpaired) electrons. The van der Waals surface area contributed by atoms with Crippen LogP contribution in [0.5, 0.6) is 0 Å². The van der Waals surface area contributed by atoms with Gasteiger partial charge in [0.1, 0.15) is 0 Å². The van der Waals surface area contributed by atoms with Crippen LogP contribution < -0.4 is 5.73 Å². The fourth-order valence-electron chi connectivity index (χ4n) is 3.74. The maximum Gasteiger partial charge on any atom is 0.0747 e. The Hall–Kier alpha value is -0.900. The molecule has 3 heteroatoms. The van der Waals surface area contributed by atoms with Gasteiger partial charge in [0, 0.05) is 19.1 Å². The molecule has 0 bridgehead atoms. The summed E-state index contributed by atoms with van der Waals surface area (Å²) in [6.07, 6.45) is 4.32. The summed E-state index contributed by atoms with van der Waals surface area (Å²) in [6, 6.07) is 11.3. The van der Waals surface area contributed by atoms with Gasteiger partial charge in [0.05, 0.1) is 12.2 Å². The molecule has 2 saturated heterocycles. The Morgan fingerprint density at radius 2 is 2.05 bits per heavy atom. The van der Waals surface area contributed by atoms with E-state index in [1.165, 1.54) is 18.4 Å². The quantitative estimate of drug-likeness (QED) is 0.916. The highest BCUT2D eigenvalue weighted by Crippen LogP contribution is 2.31. The highest BCUT2D eigenvalue weighted by atomic mass is 16.5. The van der Waals surface area contributed by atoms with Crippen molar-refractivity contribution >= 4 is 0 Å². The smallest absolute Gasteiger partial charge is 0.0747 e. The summed E-state index contributed by atoms with van der Waals surface area (Å²) in [5, 5.41) is 0. The Labute approximate surface area is 122 Å². The molecule has 110 valence electrons. The molecule has 1 aromatic rings. The summed E-state index contributed by atoms with van der Waals surface area (Å²) in [7, 11) is 0. The molecule has 0 amide bonds. The minimum Gasteiger partial charge on any atom is -0.374 e. The summed E-state index contributed by atoms with van der Waals surface area (Å²) >= 11 is 0. The average molecular weight is 274 g/mol. The lowest BCUT2D eigenvalue weighted by molar-refractivity contribution is 0.00183. The monoisotopic (exact) mass is 274 g/mol. The van der Waals surface area contributed by atoms with Crippen LogP contribution in [0.25, 0.3) is 0 Å². The van der Waals surface area contributed by atoms with Gasteiger partial charge < -0.3 is 10.5 Å². The first-order valence-electron chi connectivity index (χ1n) is 7.92. The van der Waals surface area contributed by atoms with Gasteiger partial charge in [-0.3, -0.25) is 4.90 Å². The van der Waals surface area contributed by atoms with Gasteiger partial charge in [-0.25, -0.2) is 0 Å². The van der Waals surface area contributed by atoms with Gasteiger partial charge in [-0.15, -0.1) is 0 Å². The molecular weight excluding hydrogens is 248 g/mol. The molecule has 4 atom stereocenters. The van der Waals surface area contributed by atoms with E-state index < -0.39 is 0 Å². The number of rotatable bonds is 4. The van der Waals surface area contributed by atoms with Gasteiger partial charge >= 0.3 is 0 Å². The first-order valence-corrected chi connectivity index (χ1v) is 7.92. The molecule has 0 spiro atoms. The third-order valence-electron chi connectivity index (χ3n) is 4.90. The maximum absolute atomic E-state index is 6.05. The van der Waals surface area contributed by atoms with Crippen LogP contribution in [0.3, 0.4) is 0 Å². The van der Waals surface area contributed by atoms with E-state index in [0.29, 0.717) is 30.7 Å². The molecule has 3 nitrogen and oxygen atoms in total. The zero-order valence-electron chi connectivity index (χ0n) is 12.4. The summed E-state index contributed by atoms with van der Waals surface area (Å²) in [6.45, 7) is 5.15. The van der Waals surface area contributed by atoms with Crippen molar-refractivity contribution in [1.29, 1.82) is 0 Å². The van der Waals surface area contributed by atoms with Gasteiger partial charge in [-0.2, -0.15) is 0 Å².